The maximum absolute atomic E-state index is 12.2. The molecule has 1 unspecified atom stereocenters. The van der Waals surface area contributed by atoms with Gasteiger partial charge in [-0.05, 0) is 31.9 Å². The van der Waals surface area contributed by atoms with E-state index in [4.69, 9.17) is 5.11 Å². The number of hydrogen-bond donors (Lipinski definition) is 3. The van der Waals surface area contributed by atoms with E-state index in [0.29, 0.717) is 12.0 Å². The van der Waals surface area contributed by atoms with Gasteiger partial charge in [-0.15, -0.1) is 0 Å². The summed E-state index contributed by atoms with van der Waals surface area (Å²) in [6.07, 6.45) is 3.03. The number of benzene rings is 1. The normalized spacial score (nSPS) is 14.3. The molecule has 0 bridgehead atoms. The SMILES string of the molecule is CCC(C)(CCO)NC(=O)c1ccc2cn[nH]c2c1. The lowest BCUT2D eigenvalue weighted by atomic mass is 9.94. The molecule has 5 nitrogen and oxygen atoms in total. The Morgan fingerprint density at radius 2 is 2.32 bits per heavy atom. The quantitative estimate of drug-likeness (QED) is 0.768. The van der Waals surface area contributed by atoms with Gasteiger partial charge in [-0.25, -0.2) is 0 Å². The van der Waals surface area contributed by atoms with Gasteiger partial charge < -0.3 is 10.4 Å². The smallest absolute Gasteiger partial charge is 0.251 e. The van der Waals surface area contributed by atoms with E-state index in [1.54, 1.807) is 18.3 Å². The van der Waals surface area contributed by atoms with Gasteiger partial charge >= 0.3 is 0 Å². The van der Waals surface area contributed by atoms with Crippen LogP contribution >= 0.6 is 0 Å². The van der Waals surface area contributed by atoms with Crippen molar-refractivity contribution in [1.29, 1.82) is 0 Å². The summed E-state index contributed by atoms with van der Waals surface area (Å²) in [4.78, 5) is 12.2. The van der Waals surface area contributed by atoms with Gasteiger partial charge in [-0.2, -0.15) is 5.10 Å². The molecule has 0 spiro atoms. The number of amides is 1. The zero-order valence-electron chi connectivity index (χ0n) is 11.2. The Hall–Kier alpha value is -1.88. The highest BCUT2D eigenvalue weighted by Gasteiger charge is 2.24. The second-order valence-corrected chi connectivity index (χ2v) is 5.01. The maximum atomic E-state index is 12.2. The standard InChI is InChI=1S/C14H19N3O2/c1-3-14(2,6-7-18)16-13(19)10-4-5-11-9-15-17-12(11)8-10/h4-5,8-9,18H,3,6-7H2,1-2H3,(H,15,17)(H,16,19). The van der Waals surface area contributed by atoms with Crippen molar-refractivity contribution in [1.82, 2.24) is 15.5 Å². The molecule has 0 aliphatic carbocycles. The van der Waals surface area contributed by atoms with Crippen LogP contribution in [-0.2, 0) is 0 Å². The highest BCUT2D eigenvalue weighted by atomic mass is 16.3. The van der Waals surface area contributed by atoms with Crippen LogP contribution in [0.15, 0.2) is 24.4 Å². The second kappa shape index (κ2) is 5.40. The van der Waals surface area contributed by atoms with Crippen molar-refractivity contribution in [2.24, 2.45) is 0 Å². The summed E-state index contributed by atoms with van der Waals surface area (Å²) in [5, 5.41) is 19.8. The van der Waals surface area contributed by atoms with Gasteiger partial charge in [0.2, 0.25) is 0 Å². The summed E-state index contributed by atoms with van der Waals surface area (Å²) in [6, 6.07) is 5.43. The number of hydrogen-bond acceptors (Lipinski definition) is 3. The number of aliphatic hydroxyl groups is 1. The Kier molecular flexibility index (Phi) is 3.85. The molecule has 0 saturated heterocycles. The van der Waals surface area contributed by atoms with Crippen LogP contribution in [0, 0.1) is 0 Å². The summed E-state index contributed by atoms with van der Waals surface area (Å²) >= 11 is 0. The second-order valence-electron chi connectivity index (χ2n) is 5.01. The first-order chi connectivity index (χ1) is 9.08. The summed E-state index contributed by atoms with van der Waals surface area (Å²) in [6.45, 7) is 3.99. The lowest BCUT2D eigenvalue weighted by Gasteiger charge is -2.29. The van der Waals surface area contributed by atoms with Crippen molar-refractivity contribution in [3.8, 4) is 0 Å². The van der Waals surface area contributed by atoms with E-state index < -0.39 is 0 Å². The number of aliphatic hydroxyl groups excluding tert-OH is 1. The molecule has 5 heteroatoms. The molecule has 1 amide bonds. The van der Waals surface area contributed by atoms with Crippen molar-refractivity contribution in [3.63, 3.8) is 0 Å². The van der Waals surface area contributed by atoms with E-state index >= 15 is 0 Å². The molecule has 2 rings (SSSR count). The summed E-state index contributed by atoms with van der Waals surface area (Å²) in [5.74, 6) is -0.130. The Labute approximate surface area is 112 Å². The van der Waals surface area contributed by atoms with E-state index in [0.717, 1.165) is 17.3 Å². The average molecular weight is 261 g/mol. The Balaban J connectivity index is 2.18. The minimum Gasteiger partial charge on any atom is -0.396 e. The number of nitrogens with zero attached hydrogens (tertiary/aromatic N) is 1. The van der Waals surface area contributed by atoms with E-state index in [-0.39, 0.29) is 18.1 Å². The number of aromatic amines is 1. The predicted octanol–water partition coefficient (Wildman–Crippen LogP) is 1.84. The highest BCUT2D eigenvalue weighted by Crippen LogP contribution is 2.17. The van der Waals surface area contributed by atoms with Crippen LogP contribution in [0.3, 0.4) is 0 Å². The van der Waals surface area contributed by atoms with Gasteiger partial charge in [-0.1, -0.05) is 13.0 Å². The Morgan fingerprint density at radius 1 is 1.53 bits per heavy atom. The van der Waals surface area contributed by atoms with Gasteiger partial charge in [0, 0.05) is 23.1 Å². The van der Waals surface area contributed by atoms with Gasteiger partial charge in [0.15, 0.2) is 0 Å². The minimum absolute atomic E-state index is 0.0597. The van der Waals surface area contributed by atoms with Crippen molar-refractivity contribution in [2.45, 2.75) is 32.2 Å². The molecule has 0 aliphatic heterocycles. The number of fused-ring (bicyclic) bond motifs is 1. The number of aromatic nitrogens is 2. The van der Waals surface area contributed by atoms with Crippen LogP contribution in [0.4, 0.5) is 0 Å². The fourth-order valence-electron chi connectivity index (χ4n) is 2.00. The van der Waals surface area contributed by atoms with E-state index in [1.165, 1.54) is 0 Å². The third-order valence-electron chi connectivity index (χ3n) is 3.56. The fraction of sp³-hybridized carbons (Fsp3) is 0.429. The van der Waals surface area contributed by atoms with Crippen molar-refractivity contribution < 1.29 is 9.90 Å². The molecule has 1 heterocycles. The largest absolute Gasteiger partial charge is 0.396 e. The van der Waals surface area contributed by atoms with Crippen LogP contribution in [0.25, 0.3) is 10.9 Å². The van der Waals surface area contributed by atoms with Crippen molar-refractivity contribution in [3.05, 3.63) is 30.0 Å². The molecule has 0 aliphatic rings. The molecule has 1 aromatic carbocycles. The van der Waals surface area contributed by atoms with Crippen molar-refractivity contribution >= 4 is 16.8 Å². The lowest BCUT2D eigenvalue weighted by molar-refractivity contribution is 0.0886. The van der Waals surface area contributed by atoms with Crippen molar-refractivity contribution in [2.75, 3.05) is 6.61 Å². The van der Waals surface area contributed by atoms with Gasteiger partial charge in [-0.3, -0.25) is 9.89 Å². The predicted molar refractivity (Wildman–Crippen MR) is 74.0 cm³/mol. The topological polar surface area (TPSA) is 78.0 Å². The van der Waals surface area contributed by atoms with E-state index in [9.17, 15) is 4.79 Å². The molecule has 0 fully saturated rings. The first-order valence-electron chi connectivity index (χ1n) is 6.44. The van der Waals surface area contributed by atoms with Gasteiger partial charge in [0.1, 0.15) is 0 Å². The lowest BCUT2D eigenvalue weighted by Crippen LogP contribution is -2.46. The van der Waals surface area contributed by atoms with E-state index in [1.807, 2.05) is 19.9 Å². The number of H-pyrrole nitrogens is 1. The van der Waals surface area contributed by atoms with Crippen LogP contribution in [0.2, 0.25) is 0 Å². The number of nitrogens with one attached hydrogen (secondary N) is 2. The maximum Gasteiger partial charge on any atom is 0.251 e. The third-order valence-corrected chi connectivity index (χ3v) is 3.56. The Morgan fingerprint density at radius 3 is 3.00 bits per heavy atom. The molecule has 0 radical (unpaired) electrons. The molecule has 1 aromatic heterocycles. The molecule has 1 atom stereocenters. The first-order valence-corrected chi connectivity index (χ1v) is 6.44. The molecule has 3 N–H and O–H groups in total. The summed E-state index contributed by atoms with van der Waals surface area (Å²) in [7, 11) is 0. The fourth-order valence-corrected chi connectivity index (χ4v) is 2.00. The third kappa shape index (κ3) is 2.93. The van der Waals surface area contributed by atoms with Crippen LogP contribution in [0.5, 0.6) is 0 Å². The first kappa shape index (κ1) is 13.5. The molecule has 0 saturated carbocycles. The summed E-state index contributed by atoms with van der Waals surface area (Å²) in [5.41, 5.74) is 1.05. The summed E-state index contributed by atoms with van der Waals surface area (Å²) < 4.78 is 0. The van der Waals surface area contributed by atoms with E-state index in [2.05, 4.69) is 15.5 Å². The molecule has 2 aromatic rings. The van der Waals surface area contributed by atoms with Gasteiger partial charge in [0.05, 0.1) is 11.7 Å². The Bertz CT molecular complexity index is 579. The minimum atomic E-state index is -0.380. The number of rotatable bonds is 5. The zero-order valence-corrected chi connectivity index (χ0v) is 11.2. The molecular weight excluding hydrogens is 242 g/mol. The van der Waals surface area contributed by atoms with Crippen LogP contribution in [0.1, 0.15) is 37.0 Å². The molecular formula is C14H19N3O2. The average Bonchev–Trinajstić information content (AvgIpc) is 2.86. The number of carbonyl (C=O) groups is 1. The van der Waals surface area contributed by atoms with Crippen LogP contribution in [-0.4, -0.2) is 33.4 Å². The zero-order chi connectivity index (χ0) is 13.9. The highest BCUT2D eigenvalue weighted by molar-refractivity contribution is 5.98. The van der Waals surface area contributed by atoms with Gasteiger partial charge in [0.25, 0.3) is 5.91 Å². The monoisotopic (exact) mass is 261 g/mol. The molecule has 102 valence electrons. The molecule has 19 heavy (non-hydrogen) atoms. The number of carbonyl (C=O) groups excluding carboxylic acids is 1. The van der Waals surface area contributed by atoms with Crippen LogP contribution < -0.4 is 5.32 Å².